The van der Waals surface area contributed by atoms with Gasteiger partial charge in [0.15, 0.2) is 0 Å². The van der Waals surface area contributed by atoms with Crippen LogP contribution in [0.15, 0.2) is 59.5 Å². The minimum atomic E-state index is -0.111. The molecule has 4 nitrogen and oxygen atoms in total. The Labute approximate surface area is 159 Å². The average molecular weight is 368 g/mol. The first-order valence-electron chi connectivity index (χ1n) is 8.81. The molecule has 2 aromatic rings. The molecule has 5 heteroatoms. The van der Waals surface area contributed by atoms with Crippen molar-refractivity contribution in [1.29, 1.82) is 0 Å². The van der Waals surface area contributed by atoms with E-state index in [0.717, 1.165) is 43.1 Å². The van der Waals surface area contributed by atoms with Crippen molar-refractivity contribution in [3.8, 4) is 0 Å². The SMILES string of the molecule is CSc1ccc(C=CC(=O)Nc2ccccc2N2CCN(C)CC2)cc1. The third-order valence-electron chi connectivity index (χ3n) is 4.55. The van der Waals surface area contributed by atoms with Gasteiger partial charge in [-0.2, -0.15) is 0 Å². The molecule has 0 spiro atoms. The Bertz CT molecular complexity index is 765. The van der Waals surface area contributed by atoms with Crippen LogP contribution in [0.5, 0.6) is 0 Å². The number of hydrogen-bond donors (Lipinski definition) is 1. The summed E-state index contributed by atoms with van der Waals surface area (Å²) < 4.78 is 0. The van der Waals surface area contributed by atoms with Gasteiger partial charge in [-0.3, -0.25) is 4.79 Å². The number of carbonyl (C=O) groups excluding carboxylic acids is 1. The summed E-state index contributed by atoms with van der Waals surface area (Å²) in [4.78, 5) is 18.2. The lowest BCUT2D eigenvalue weighted by molar-refractivity contribution is -0.111. The monoisotopic (exact) mass is 367 g/mol. The summed E-state index contributed by atoms with van der Waals surface area (Å²) in [6, 6.07) is 16.2. The molecule has 1 amide bonds. The molecule has 1 aliphatic rings. The van der Waals surface area contributed by atoms with E-state index in [1.165, 1.54) is 4.90 Å². The van der Waals surface area contributed by atoms with Gasteiger partial charge >= 0.3 is 0 Å². The highest BCUT2D eigenvalue weighted by molar-refractivity contribution is 7.98. The van der Waals surface area contributed by atoms with Gasteiger partial charge < -0.3 is 15.1 Å². The van der Waals surface area contributed by atoms with E-state index >= 15 is 0 Å². The zero-order valence-corrected chi connectivity index (χ0v) is 16.1. The number of para-hydroxylation sites is 2. The van der Waals surface area contributed by atoms with E-state index in [-0.39, 0.29) is 5.91 Å². The van der Waals surface area contributed by atoms with E-state index in [9.17, 15) is 4.79 Å². The van der Waals surface area contributed by atoms with Crippen LogP contribution in [-0.2, 0) is 4.79 Å². The van der Waals surface area contributed by atoms with Crippen LogP contribution in [-0.4, -0.2) is 50.3 Å². The van der Waals surface area contributed by atoms with Crippen LogP contribution in [0.3, 0.4) is 0 Å². The van der Waals surface area contributed by atoms with Gasteiger partial charge in [-0.25, -0.2) is 0 Å². The lowest BCUT2D eigenvalue weighted by Gasteiger charge is -2.35. The van der Waals surface area contributed by atoms with Gasteiger partial charge in [0, 0.05) is 37.2 Å². The molecule has 1 saturated heterocycles. The average Bonchev–Trinajstić information content (AvgIpc) is 2.68. The second-order valence-corrected chi connectivity index (χ2v) is 7.28. The molecule has 0 radical (unpaired) electrons. The second-order valence-electron chi connectivity index (χ2n) is 6.40. The number of anilines is 2. The summed E-state index contributed by atoms with van der Waals surface area (Å²) in [5.74, 6) is -0.111. The molecular formula is C21H25N3OS. The number of nitrogens with one attached hydrogen (secondary N) is 1. The van der Waals surface area contributed by atoms with E-state index in [4.69, 9.17) is 0 Å². The molecule has 3 rings (SSSR count). The normalized spacial score (nSPS) is 15.4. The summed E-state index contributed by atoms with van der Waals surface area (Å²) in [6.45, 7) is 4.02. The van der Waals surface area contributed by atoms with Crippen molar-refractivity contribution in [2.45, 2.75) is 4.90 Å². The predicted molar refractivity (Wildman–Crippen MR) is 112 cm³/mol. The maximum Gasteiger partial charge on any atom is 0.248 e. The van der Waals surface area contributed by atoms with Crippen molar-refractivity contribution < 1.29 is 4.79 Å². The molecule has 1 aliphatic heterocycles. The summed E-state index contributed by atoms with van der Waals surface area (Å²) in [5.41, 5.74) is 2.97. The second kappa shape index (κ2) is 8.92. The van der Waals surface area contributed by atoms with E-state index in [1.807, 2.05) is 36.4 Å². The number of rotatable bonds is 5. The number of hydrogen-bond acceptors (Lipinski definition) is 4. The summed E-state index contributed by atoms with van der Waals surface area (Å²) in [6.07, 6.45) is 5.49. The van der Waals surface area contributed by atoms with Crippen LogP contribution in [0.4, 0.5) is 11.4 Å². The van der Waals surface area contributed by atoms with Crippen molar-refractivity contribution in [2.75, 3.05) is 49.7 Å². The molecule has 0 aliphatic carbocycles. The molecule has 1 N–H and O–H groups in total. The maximum atomic E-state index is 12.4. The third kappa shape index (κ3) is 4.90. The standard InChI is InChI=1S/C21H25N3OS/c1-23-13-15-24(16-14-23)20-6-4-3-5-19(20)22-21(25)12-9-17-7-10-18(26-2)11-8-17/h3-12H,13-16H2,1-2H3,(H,22,25). The van der Waals surface area contributed by atoms with Crippen molar-refractivity contribution in [3.05, 3.63) is 60.2 Å². The van der Waals surface area contributed by atoms with E-state index in [0.29, 0.717) is 0 Å². The van der Waals surface area contributed by atoms with Crippen LogP contribution in [0, 0.1) is 0 Å². The predicted octanol–water partition coefficient (Wildman–Crippen LogP) is 3.81. The summed E-state index contributed by atoms with van der Waals surface area (Å²) >= 11 is 1.71. The Morgan fingerprint density at radius 3 is 2.42 bits per heavy atom. The highest BCUT2D eigenvalue weighted by Crippen LogP contribution is 2.26. The van der Waals surface area contributed by atoms with Gasteiger partial charge in [-0.15, -0.1) is 11.8 Å². The molecule has 0 aromatic heterocycles. The first-order valence-corrected chi connectivity index (χ1v) is 10.0. The van der Waals surface area contributed by atoms with Gasteiger partial charge in [0.25, 0.3) is 0 Å². The fourth-order valence-corrected chi connectivity index (χ4v) is 3.37. The molecule has 2 aromatic carbocycles. The third-order valence-corrected chi connectivity index (χ3v) is 5.29. The molecule has 0 saturated carbocycles. The summed E-state index contributed by atoms with van der Waals surface area (Å²) in [5, 5.41) is 3.03. The lowest BCUT2D eigenvalue weighted by atomic mass is 10.2. The van der Waals surface area contributed by atoms with Gasteiger partial charge in [0.2, 0.25) is 5.91 Å². The van der Waals surface area contributed by atoms with E-state index in [2.05, 4.69) is 46.6 Å². The molecule has 26 heavy (non-hydrogen) atoms. The highest BCUT2D eigenvalue weighted by Gasteiger charge is 2.17. The first-order chi connectivity index (χ1) is 12.7. The lowest BCUT2D eigenvalue weighted by Crippen LogP contribution is -2.44. The maximum absolute atomic E-state index is 12.4. The van der Waals surface area contributed by atoms with Crippen LogP contribution < -0.4 is 10.2 Å². The Hall–Kier alpha value is -2.24. The summed E-state index contributed by atoms with van der Waals surface area (Å²) in [7, 11) is 2.14. The van der Waals surface area contributed by atoms with Gasteiger partial charge in [0.05, 0.1) is 11.4 Å². The number of benzene rings is 2. The minimum Gasteiger partial charge on any atom is -0.367 e. The van der Waals surface area contributed by atoms with Gasteiger partial charge in [-0.05, 0) is 49.2 Å². The van der Waals surface area contributed by atoms with Crippen molar-refractivity contribution in [3.63, 3.8) is 0 Å². The molecule has 0 atom stereocenters. The molecule has 1 fully saturated rings. The number of thioether (sulfide) groups is 1. The Kier molecular flexibility index (Phi) is 6.36. The van der Waals surface area contributed by atoms with E-state index in [1.54, 1.807) is 17.8 Å². The molecule has 136 valence electrons. The largest absolute Gasteiger partial charge is 0.367 e. The zero-order valence-electron chi connectivity index (χ0n) is 15.3. The Morgan fingerprint density at radius 1 is 1.04 bits per heavy atom. The molecular weight excluding hydrogens is 342 g/mol. The number of likely N-dealkylation sites (N-methyl/N-ethyl adjacent to an activating group) is 1. The number of nitrogens with zero attached hydrogens (tertiary/aromatic N) is 2. The smallest absolute Gasteiger partial charge is 0.248 e. The van der Waals surface area contributed by atoms with Crippen molar-refractivity contribution in [2.24, 2.45) is 0 Å². The minimum absolute atomic E-state index is 0.111. The Balaban J connectivity index is 1.66. The topological polar surface area (TPSA) is 35.6 Å². The van der Waals surface area contributed by atoms with Crippen molar-refractivity contribution in [1.82, 2.24) is 4.90 Å². The van der Waals surface area contributed by atoms with Crippen molar-refractivity contribution >= 4 is 35.1 Å². The number of piperazine rings is 1. The van der Waals surface area contributed by atoms with Crippen LogP contribution in [0.2, 0.25) is 0 Å². The van der Waals surface area contributed by atoms with Crippen LogP contribution in [0.1, 0.15) is 5.56 Å². The van der Waals surface area contributed by atoms with E-state index < -0.39 is 0 Å². The van der Waals surface area contributed by atoms with Crippen LogP contribution >= 0.6 is 11.8 Å². The first kappa shape index (κ1) is 18.5. The number of carbonyl (C=O) groups is 1. The fourth-order valence-electron chi connectivity index (χ4n) is 2.96. The Morgan fingerprint density at radius 2 is 1.73 bits per heavy atom. The quantitative estimate of drug-likeness (QED) is 0.644. The van der Waals surface area contributed by atoms with Gasteiger partial charge in [0.1, 0.15) is 0 Å². The molecule has 0 unspecified atom stereocenters. The number of amides is 1. The molecule has 0 bridgehead atoms. The van der Waals surface area contributed by atoms with Crippen LogP contribution in [0.25, 0.3) is 6.08 Å². The fraction of sp³-hybridized carbons (Fsp3) is 0.286. The zero-order chi connectivity index (χ0) is 18.4. The van der Waals surface area contributed by atoms with Gasteiger partial charge in [-0.1, -0.05) is 24.3 Å². The highest BCUT2D eigenvalue weighted by atomic mass is 32.2. The molecule has 1 heterocycles.